The molecule has 0 fully saturated rings. The van der Waals surface area contributed by atoms with Gasteiger partial charge >= 0.3 is 0 Å². The van der Waals surface area contributed by atoms with Gasteiger partial charge in [0.2, 0.25) is 0 Å². The largest absolute Gasteiger partial charge is 0.312 e. The van der Waals surface area contributed by atoms with E-state index in [4.69, 9.17) is 0 Å². The molecule has 1 atom stereocenters. The number of hydrogen-bond donors (Lipinski definition) is 1. The van der Waals surface area contributed by atoms with Gasteiger partial charge in [0.15, 0.2) is 0 Å². The van der Waals surface area contributed by atoms with Crippen LogP contribution in [0.5, 0.6) is 0 Å². The minimum absolute atomic E-state index is 0.343. The van der Waals surface area contributed by atoms with Gasteiger partial charge in [-0.15, -0.1) is 11.3 Å². The van der Waals surface area contributed by atoms with Crippen LogP contribution in [0.4, 0.5) is 0 Å². The average molecular weight is 304 g/mol. The minimum Gasteiger partial charge on any atom is -0.312 e. The van der Waals surface area contributed by atoms with Crippen molar-refractivity contribution in [3.63, 3.8) is 0 Å². The highest BCUT2D eigenvalue weighted by Crippen LogP contribution is 2.34. The average Bonchev–Trinajstić information content (AvgIpc) is 3.10. The topological polar surface area (TPSA) is 42.7 Å². The molecular weight excluding hydrogens is 280 g/mol. The highest BCUT2D eigenvalue weighted by Gasteiger charge is 2.21. The zero-order chi connectivity index (χ0) is 14.8. The van der Waals surface area contributed by atoms with E-state index in [-0.39, 0.29) is 0 Å². The molecule has 0 amide bonds. The molecule has 0 spiro atoms. The Labute approximate surface area is 130 Å². The molecular formula is C16H24N4S. The molecule has 1 unspecified atom stereocenters. The summed E-state index contributed by atoms with van der Waals surface area (Å²) in [5.74, 6) is 1.67. The molecule has 1 N–H and O–H groups in total. The maximum Gasteiger partial charge on any atom is 0.138 e. The fraction of sp³-hybridized carbons (Fsp3) is 0.625. The number of aromatic nitrogens is 3. The number of nitrogens with one attached hydrogen (secondary N) is 1. The van der Waals surface area contributed by atoms with Gasteiger partial charge in [0.1, 0.15) is 12.2 Å². The standard InChI is InChI=1S/C16H24N4S/c1-11(2)9-20-16(18-10-19-20)8-13(17-3)15-7-12-5-4-6-14(12)21-15/h7,10-11,13,17H,4-6,8-9H2,1-3H3. The molecule has 0 saturated heterocycles. The molecule has 0 aromatic carbocycles. The maximum atomic E-state index is 4.46. The Kier molecular flexibility index (Phi) is 4.40. The number of rotatable bonds is 6. The summed E-state index contributed by atoms with van der Waals surface area (Å²) in [5, 5.41) is 7.82. The highest BCUT2D eigenvalue weighted by atomic mass is 32.1. The minimum atomic E-state index is 0.343. The van der Waals surface area contributed by atoms with Crippen LogP contribution in [0.25, 0.3) is 0 Å². The summed E-state index contributed by atoms with van der Waals surface area (Å²) in [6.07, 6.45) is 6.43. The van der Waals surface area contributed by atoms with E-state index in [1.165, 1.54) is 24.1 Å². The predicted octanol–water partition coefficient (Wildman–Crippen LogP) is 2.99. The van der Waals surface area contributed by atoms with E-state index in [9.17, 15) is 0 Å². The Bertz CT molecular complexity index is 578. The van der Waals surface area contributed by atoms with Crippen LogP contribution < -0.4 is 5.32 Å². The van der Waals surface area contributed by atoms with E-state index in [0.717, 1.165) is 18.8 Å². The van der Waals surface area contributed by atoms with Crippen LogP contribution in [0.2, 0.25) is 0 Å². The molecule has 21 heavy (non-hydrogen) atoms. The van der Waals surface area contributed by atoms with E-state index in [0.29, 0.717) is 12.0 Å². The molecule has 0 saturated carbocycles. The summed E-state index contributed by atoms with van der Waals surface area (Å²) in [4.78, 5) is 7.50. The van der Waals surface area contributed by atoms with Gasteiger partial charge in [-0.2, -0.15) is 5.10 Å². The fourth-order valence-corrected chi connectivity index (χ4v) is 4.36. The lowest BCUT2D eigenvalue weighted by atomic mass is 10.1. The number of hydrogen-bond acceptors (Lipinski definition) is 4. The highest BCUT2D eigenvalue weighted by molar-refractivity contribution is 7.12. The summed E-state index contributed by atoms with van der Waals surface area (Å²) in [6.45, 7) is 5.36. The van der Waals surface area contributed by atoms with E-state index in [2.05, 4.69) is 40.0 Å². The summed E-state index contributed by atoms with van der Waals surface area (Å²) in [6, 6.07) is 2.74. The van der Waals surface area contributed by atoms with Crippen molar-refractivity contribution in [3.8, 4) is 0 Å². The fourth-order valence-electron chi connectivity index (χ4n) is 3.00. The van der Waals surface area contributed by atoms with Gasteiger partial charge in [0.05, 0.1) is 0 Å². The van der Waals surface area contributed by atoms with Gasteiger partial charge in [0, 0.05) is 28.8 Å². The van der Waals surface area contributed by atoms with Crippen molar-refractivity contribution in [3.05, 3.63) is 33.5 Å². The van der Waals surface area contributed by atoms with Crippen LogP contribution in [0.3, 0.4) is 0 Å². The van der Waals surface area contributed by atoms with Gasteiger partial charge in [-0.25, -0.2) is 9.67 Å². The van der Waals surface area contributed by atoms with Crippen molar-refractivity contribution in [1.82, 2.24) is 20.1 Å². The van der Waals surface area contributed by atoms with Crippen molar-refractivity contribution in [2.24, 2.45) is 5.92 Å². The molecule has 2 aromatic rings. The zero-order valence-electron chi connectivity index (χ0n) is 13.1. The van der Waals surface area contributed by atoms with Gasteiger partial charge in [-0.05, 0) is 43.9 Å². The quantitative estimate of drug-likeness (QED) is 0.892. The maximum absolute atomic E-state index is 4.46. The van der Waals surface area contributed by atoms with Crippen molar-refractivity contribution >= 4 is 11.3 Å². The number of aryl methyl sites for hydroxylation is 2. The monoisotopic (exact) mass is 304 g/mol. The third-order valence-electron chi connectivity index (χ3n) is 4.08. The molecule has 5 heteroatoms. The Hall–Kier alpha value is -1.20. The number of likely N-dealkylation sites (N-methyl/N-ethyl adjacent to an activating group) is 1. The van der Waals surface area contributed by atoms with E-state index < -0.39 is 0 Å². The first-order valence-electron chi connectivity index (χ1n) is 7.82. The lowest BCUT2D eigenvalue weighted by molar-refractivity contribution is 0.452. The molecule has 2 aromatic heterocycles. The van der Waals surface area contributed by atoms with Gasteiger partial charge in [-0.1, -0.05) is 13.8 Å². The summed E-state index contributed by atoms with van der Waals surface area (Å²) in [5.41, 5.74) is 1.57. The van der Waals surface area contributed by atoms with Crippen LogP contribution in [0.15, 0.2) is 12.4 Å². The smallest absolute Gasteiger partial charge is 0.138 e. The van der Waals surface area contributed by atoms with E-state index >= 15 is 0 Å². The summed E-state index contributed by atoms with van der Waals surface area (Å²) < 4.78 is 2.05. The van der Waals surface area contributed by atoms with Crippen LogP contribution in [-0.4, -0.2) is 21.8 Å². The van der Waals surface area contributed by atoms with E-state index in [1.54, 1.807) is 16.8 Å². The molecule has 114 valence electrons. The molecule has 4 nitrogen and oxygen atoms in total. The van der Waals surface area contributed by atoms with Crippen molar-refractivity contribution in [2.45, 2.75) is 52.1 Å². The Morgan fingerprint density at radius 2 is 2.24 bits per heavy atom. The van der Waals surface area contributed by atoms with E-state index in [1.807, 2.05) is 18.4 Å². The lowest BCUT2D eigenvalue weighted by Gasteiger charge is -2.15. The predicted molar refractivity (Wildman–Crippen MR) is 86.7 cm³/mol. The van der Waals surface area contributed by atoms with Crippen molar-refractivity contribution < 1.29 is 0 Å². The number of nitrogens with zero attached hydrogens (tertiary/aromatic N) is 3. The van der Waals surface area contributed by atoms with Crippen LogP contribution >= 0.6 is 11.3 Å². The third kappa shape index (κ3) is 3.19. The number of thiophene rings is 1. The summed E-state index contributed by atoms with van der Waals surface area (Å²) in [7, 11) is 2.04. The van der Waals surface area contributed by atoms with Crippen LogP contribution in [0, 0.1) is 5.92 Å². The second-order valence-electron chi connectivity index (χ2n) is 6.25. The first-order valence-corrected chi connectivity index (χ1v) is 8.64. The molecule has 2 heterocycles. The van der Waals surface area contributed by atoms with Crippen LogP contribution in [-0.2, 0) is 25.8 Å². The Morgan fingerprint density at radius 1 is 1.38 bits per heavy atom. The van der Waals surface area contributed by atoms with Crippen molar-refractivity contribution in [2.75, 3.05) is 7.05 Å². The normalized spacial score (nSPS) is 15.6. The third-order valence-corrected chi connectivity index (χ3v) is 5.43. The zero-order valence-corrected chi connectivity index (χ0v) is 13.9. The lowest BCUT2D eigenvalue weighted by Crippen LogP contribution is -2.21. The van der Waals surface area contributed by atoms with Gasteiger partial charge in [0.25, 0.3) is 0 Å². The first-order chi connectivity index (χ1) is 10.2. The Balaban J connectivity index is 1.76. The summed E-state index contributed by atoms with van der Waals surface area (Å²) >= 11 is 1.98. The number of fused-ring (bicyclic) bond motifs is 1. The van der Waals surface area contributed by atoms with Gasteiger partial charge in [-0.3, -0.25) is 0 Å². The molecule has 0 bridgehead atoms. The molecule has 0 aliphatic heterocycles. The van der Waals surface area contributed by atoms with Gasteiger partial charge < -0.3 is 5.32 Å². The van der Waals surface area contributed by atoms with Crippen LogP contribution in [0.1, 0.15) is 47.5 Å². The SMILES string of the molecule is CNC(Cc1ncnn1CC(C)C)c1cc2c(s1)CCC2. The Morgan fingerprint density at radius 3 is 2.95 bits per heavy atom. The molecule has 1 aliphatic rings. The first kappa shape index (κ1) is 14.7. The van der Waals surface area contributed by atoms with Crippen molar-refractivity contribution in [1.29, 1.82) is 0 Å². The molecule has 0 radical (unpaired) electrons. The molecule has 3 rings (SSSR count). The second-order valence-corrected chi connectivity index (χ2v) is 7.42. The molecule has 1 aliphatic carbocycles. The second kappa shape index (κ2) is 6.28.